The number of ketones is 1. The van der Waals surface area contributed by atoms with Crippen molar-refractivity contribution in [2.45, 2.75) is 6.92 Å². The molecule has 0 saturated carbocycles. The minimum atomic E-state index is -1.11. The standard InChI is InChI=1S/C14H9BrF2O/c1-8-7-9(15)5-6-10(8)14(18)11-3-2-4-12(16)13(11)17/h2-7H,1H3. The van der Waals surface area contributed by atoms with Gasteiger partial charge < -0.3 is 0 Å². The van der Waals surface area contributed by atoms with Gasteiger partial charge >= 0.3 is 0 Å². The summed E-state index contributed by atoms with van der Waals surface area (Å²) in [5.41, 5.74) is 0.821. The maximum absolute atomic E-state index is 13.5. The molecule has 18 heavy (non-hydrogen) atoms. The molecule has 0 radical (unpaired) electrons. The summed E-state index contributed by atoms with van der Waals surface area (Å²) in [4.78, 5) is 12.1. The maximum atomic E-state index is 13.5. The third-order valence-corrected chi connectivity index (χ3v) is 3.12. The average Bonchev–Trinajstić information content (AvgIpc) is 2.32. The van der Waals surface area contributed by atoms with Crippen molar-refractivity contribution in [3.05, 3.63) is 69.2 Å². The van der Waals surface area contributed by atoms with E-state index in [1.165, 1.54) is 12.1 Å². The van der Waals surface area contributed by atoms with E-state index in [0.717, 1.165) is 10.5 Å². The van der Waals surface area contributed by atoms with Crippen molar-refractivity contribution in [1.82, 2.24) is 0 Å². The summed E-state index contributed by atoms with van der Waals surface area (Å²) in [6.07, 6.45) is 0. The summed E-state index contributed by atoms with van der Waals surface area (Å²) < 4.78 is 27.5. The van der Waals surface area contributed by atoms with Crippen LogP contribution in [0.1, 0.15) is 21.5 Å². The molecule has 2 rings (SSSR count). The molecule has 4 heteroatoms. The van der Waals surface area contributed by atoms with Gasteiger partial charge in [-0.2, -0.15) is 0 Å². The summed E-state index contributed by atoms with van der Waals surface area (Å²) in [6.45, 7) is 1.75. The van der Waals surface area contributed by atoms with Crippen LogP contribution in [0.15, 0.2) is 40.9 Å². The molecular formula is C14H9BrF2O. The Kier molecular flexibility index (Phi) is 3.57. The van der Waals surface area contributed by atoms with E-state index < -0.39 is 17.4 Å². The Morgan fingerprint density at radius 2 is 1.83 bits per heavy atom. The van der Waals surface area contributed by atoms with Gasteiger partial charge in [-0.05, 0) is 42.8 Å². The zero-order valence-electron chi connectivity index (χ0n) is 9.51. The Balaban J connectivity index is 2.51. The van der Waals surface area contributed by atoms with Crippen molar-refractivity contribution in [1.29, 1.82) is 0 Å². The topological polar surface area (TPSA) is 17.1 Å². The monoisotopic (exact) mass is 310 g/mol. The highest BCUT2D eigenvalue weighted by Crippen LogP contribution is 2.21. The van der Waals surface area contributed by atoms with Gasteiger partial charge in [-0.3, -0.25) is 4.79 Å². The lowest BCUT2D eigenvalue weighted by Crippen LogP contribution is -2.07. The average molecular weight is 311 g/mol. The van der Waals surface area contributed by atoms with Gasteiger partial charge in [0.15, 0.2) is 17.4 Å². The maximum Gasteiger partial charge on any atom is 0.196 e. The number of aryl methyl sites for hydroxylation is 1. The van der Waals surface area contributed by atoms with Gasteiger partial charge in [-0.15, -0.1) is 0 Å². The molecule has 0 amide bonds. The largest absolute Gasteiger partial charge is 0.288 e. The molecule has 0 heterocycles. The van der Waals surface area contributed by atoms with Gasteiger partial charge in [0, 0.05) is 10.0 Å². The van der Waals surface area contributed by atoms with Crippen LogP contribution in [-0.4, -0.2) is 5.78 Å². The van der Waals surface area contributed by atoms with Crippen molar-refractivity contribution in [3.8, 4) is 0 Å². The van der Waals surface area contributed by atoms with Gasteiger partial charge in [0.25, 0.3) is 0 Å². The van der Waals surface area contributed by atoms with Gasteiger partial charge in [-0.25, -0.2) is 8.78 Å². The molecule has 92 valence electrons. The molecule has 0 aromatic heterocycles. The van der Waals surface area contributed by atoms with Crippen LogP contribution in [-0.2, 0) is 0 Å². The van der Waals surface area contributed by atoms with Gasteiger partial charge in [-0.1, -0.05) is 22.0 Å². The van der Waals surface area contributed by atoms with Crippen molar-refractivity contribution < 1.29 is 13.6 Å². The zero-order valence-corrected chi connectivity index (χ0v) is 11.1. The van der Waals surface area contributed by atoms with E-state index in [1.54, 1.807) is 25.1 Å². The third kappa shape index (κ3) is 2.34. The van der Waals surface area contributed by atoms with E-state index in [4.69, 9.17) is 0 Å². The lowest BCUT2D eigenvalue weighted by Gasteiger charge is -2.06. The van der Waals surface area contributed by atoms with Gasteiger partial charge in [0.1, 0.15) is 0 Å². The zero-order chi connectivity index (χ0) is 13.3. The molecule has 0 N–H and O–H groups in total. The van der Waals surface area contributed by atoms with Crippen LogP contribution < -0.4 is 0 Å². The fraction of sp³-hybridized carbons (Fsp3) is 0.0714. The van der Waals surface area contributed by atoms with Crippen LogP contribution in [0.2, 0.25) is 0 Å². The van der Waals surface area contributed by atoms with Gasteiger partial charge in [0.2, 0.25) is 0 Å². The fourth-order valence-electron chi connectivity index (χ4n) is 1.71. The molecule has 0 aliphatic rings. The molecule has 0 spiro atoms. The van der Waals surface area contributed by atoms with Crippen LogP contribution in [0.4, 0.5) is 8.78 Å². The number of rotatable bonds is 2. The van der Waals surface area contributed by atoms with Crippen LogP contribution >= 0.6 is 15.9 Å². The number of benzene rings is 2. The first-order valence-corrected chi connectivity index (χ1v) is 6.05. The van der Waals surface area contributed by atoms with Crippen molar-refractivity contribution in [2.75, 3.05) is 0 Å². The molecule has 0 aliphatic heterocycles. The first-order valence-electron chi connectivity index (χ1n) is 5.25. The normalized spacial score (nSPS) is 10.4. The summed E-state index contributed by atoms with van der Waals surface area (Å²) in [7, 11) is 0. The Morgan fingerprint density at radius 3 is 2.50 bits per heavy atom. The third-order valence-electron chi connectivity index (χ3n) is 2.63. The van der Waals surface area contributed by atoms with E-state index in [1.807, 2.05) is 0 Å². The van der Waals surface area contributed by atoms with Crippen LogP contribution in [0.5, 0.6) is 0 Å². The lowest BCUT2D eigenvalue weighted by molar-refractivity contribution is 0.103. The summed E-state index contributed by atoms with van der Waals surface area (Å²) >= 11 is 3.28. The summed E-state index contributed by atoms with van der Waals surface area (Å²) in [5, 5.41) is 0. The molecule has 0 aliphatic carbocycles. The van der Waals surface area contributed by atoms with Crippen molar-refractivity contribution >= 4 is 21.7 Å². The molecule has 2 aromatic carbocycles. The van der Waals surface area contributed by atoms with E-state index >= 15 is 0 Å². The number of carbonyl (C=O) groups excluding carboxylic acids is 1. The van der Waals surface area contributed by atoms with Crippen LogP contribution in [0.3, 0.4) is 0 Å². The molecule has 1 nitrogen and oxygen atoms in total. The Hall–Kier alpha value is -1.55. The number of hydrogen-bond donors (Lipinski definition) is 0. The minimum Gasteiger partial charge on any atom is -0.288 e. The van der Waals surface area contributed by atoms with E-state index in [9.17, 15) is 13.6 Å². The first kappa shape index (κ1) is 12.9. The Morgan fingerprint density at radius 1 is 1.11 bits per heavy atom. The highest BCUT2D eigenvalue weighted by atomic mass is 79.9. The second-order valence-corrected chi connectivity index (χ2v) is 4.81. The van der Waals surface area contributed by atoms with Crippen molar-refractivity contribution in [3.63, 3.8) is 0 Å². The second-order valence-electron chi connectivity index (χ2n) is 3.89. The van der Waals surface area contributed by atoms with E-state index in [-0.39, 0.29) is 5.56 Å². The second kappa shape index (κ2) is 4.98. The summed E-state index contributed by atoms with van der Waals surface area (Å²) in [5.74, 6) is -2.64. The predicted molar refractivity (Wildman–Crippen MR) is 68.7 cm³/mol. The molecule has 0 unspecified atom stereocenters. The Labute approximate surface area is 112 Å². The molecule has 0 bridgehead atoms. The van der Waals surface area contributed by atoms with Gasteiger partial charge in [0.05, 0.1) is 5.56 Å². The molecule has 0 atom stereocenters. The molecule has 0 fully saturated rings. The fourth-order valence-corrected chi connectivity index (χ4v) is 2.18. The Bertz CT molecular complexity index is 623. The highest BCUT2D eigenvalue weighted by Gasteiger charge is 2.18. The first-order chi connectivity index (χ1) is 8.50. The quantitative estimate of drug-likeness (QED) is 0.757. The SMILES string of the molecule is Cc1cc(Br)ccc1C(=O)c1cccc(F)c1F. The predicted octanol–water partition coefficient (Wildman–Crippen LogP) is 4.27. The highest BCUT2D eigenvalue weighted by molar-refractivity contribution is 9.10. The summed E-state index contributed by atoms with van der Waals surface area (Å²) in [6, 6.07) is 8.62. The van der Waals surface area contributed by atoms with E-state index in [0.29, 0.717) is 11.1 Å². The molecule has 0 saturated heterocycles. The molecule has 2 aromatic rings. The van der Waals surface area contributed by atoms with Crippen molar-refractivity contribution in [2.24, 2.45) is 0 Å². The van der Waals surface area contributed by atoms with E-state index in [2.05, 4.69) is 15.9 Å². The van der Waals surface area contributed by atoms with Crippen LogP contribution in [0.25, 0.3) is 0 Å². The smallest absolute Gasteiger partial charge is 0.196 e. The minimum absolute atomic E-state index is 0.250. The van der Waals surface area contributed by atoms with Crippen LogP contribution in [0, 0.1) is 18.6 Å². The number of carbonyl (C=O) groups is 1. The number of halogens is 3. The lowest BCUT2D eigenvalue weighted by atomic mass is 9.99. The number of hydrogen-bond acceptors (Lipinski definition) is 1. The molecular weight excluding hydrogens is 302 g/mol.